The number of hydrazone groups is 1. The highest BCUT2D eigenvalue weighted by Gasteiger charge is 2.14. The van der Waals surface area contributed by atoms with E-state index in [0.717, 1.165) is 11.1 Å². The molecule has 0 saturated carbocycles. The van der Waals surface area contributed by atoms with Gasteiger partial charge in [0.2, 0.25) is 5.89 Å². The molecule has 3 aromatic rings. The number of benzene rings is 2. The van der Waals surface area contributed by atoms with Gasteiger partial charge in [-0.2, -0.15) is 5.10 Å². The van der Waals surface area contributed by atoms with E-state index in [2.05, 4.69) is 15.5 Å². The van der Waals surface area contributed by atoms with Gasteiger partial charge in [-0.1, -0.05) is 35.9 Å². The standard InChI is InChI=1S/C19H17ClN4O2S/c1-12-16(23-18(26-12)14-7-3-4-8-15(14)20)11-25-17-9-5-2-6-13(17)10-22-24-19(21)27/h2-10H,11H2,1H3,(H3,21,24,27). The maximum absolute atomic E-state index is 6.22. The first kappa shape index (κ1) is 18.9. The summed E-state index contributed by atoms with van der Waals surface area (Å²) in [5, 5.41) is 4.63. The predicted molar refractivity (Wildman–Crippen MR) is 110 cm³/mol. The number of hydrogen-bond donors (Lipinski definition) is 2. The van der Waals surface area contributed by atoms with Gasteiger partial charge in [0.1, 0.15) is 23.8 Å². The number of nitrogens with one attached hydrogen (secondary N) is 1. The lowest BCUT2D eigenvalue weighted by Gasteiger charge is -2.07. The van der Waals surface area contributed by atoms with E-state index in [9.17, 15) is 0 Å². The number of nitrogens with two attached hydrogens (primary N) is 1. The largest absolute Gasteiger partial charge is 0.486 e. The van der Waals surface area contributed by atoms with Crippen molar-refractivity contribution >= 4 is 35.1 Å². The second-order valence-electron chi connectivity index (χ2n) is 5.56. The summed E-state index contributed by atoms with van der Waals surface area (Å²) in [6.45, 7) is 2.08. The Morgan fingerprint density at radius 3 is 2.81 bits per heavy atom. The van der Waals surface area contributed by atoms with Crippen molar-refractivity contribution in [2.24, 2.45) is 10.8 Å². The number of halogens is 1. The third-order valence-electron chi connectivity index (χ3n) is 3.66. The van der Waals surface area contributed by atoms with Crippen molar-refractivity contribution in [1.29, 1.82) is 0 Å². The molecular weight excluding hydrogens is 384 g/mol. The van der Waals surface area contributed by atoms with Gasteiger partial charge in [0.15, 0.2) is 5.11 Å². The second kappa shape index (κ2) is 8.66. The lowest BCUT2D eigenvalue weighted by atomic mass is 10.2. The lowest BCUT2D eigenvalue weighted by Crippen LogP contribution is -2.24. The van der Waals surface area contributed by atoms with Crippen molar-refractivity contribution in [2.45, 2.75) is 13.5 Å². The predicted octanol–water partition coefficient (Wildman–Crippen LogP) is 4.05. The highest BCUT2D eigenvalue weighted by atomic mass is 35.5. The summed E-state index contributed by atoms with van der Waals surface area (Å²) in [6, 6.07) is 14.9. The molecule has 27 heavy (non-hydrogen) atoms. The summed E-state index contributed by atoms with van der Waals surface area (Å²) in [4.78, 5) is 4.52. The van der Waals surface area contributed by atoms with Gasteiger partial charge in [-0.25, -0.2) is 4.98 Å². The van der Waals surface area contributed by atoms with E-state index < -0.39 is 0 Å². The maximum atomic E-state index is 6.22. The van der Waals surface area contributed by atoms with Crippen LogP contribution in [-0.4, -0.2) is 16.3 Å². The molecule has 0 radical (unpaired) electrons. The van der Waals surface area contributed by atoms with Crippen molar-refractivity contribution in [3.63, 3.8) is 0 Å². The number of rotatable bonds is 6. The highest BCUT2D eigenvalue weighted by Crippen LogP contribution is 2.29. The number of nitrogens with zero attached hydrogens (tertiary/aromatic N) is 2. The van der Waals surface area contributed by atoms with E-state index >= 15 is 0 Å². The number of thiocarbonyl (C=S) groups is 1. The number of para-hydroxylation sites is 1. The zero-order chi connectivity index (χ0) is 19.2. The monoisotopic (exact) mass is 400 g/mol. The fourth-order valence-corrected chi connectivity index (χ4v) is 2.61. The van der Waals surface area contributed by atoms with E-state index in [-0.39, 0.29) is 11.7 Å². The molecule has 0 aliphatic rings. The molecule has 0 spiro atoms. The van der Waals surface area contributed by atoms with Crippen LogP contribution < -0.4 is 15.9 Å². The van der Waals surface area contributed by atoms with Crippen LogP contribution in [0.2, 0.25) is 5.02 Å². The van der Waals surface area contributed by atoms with E-state index in [1.807, 2.05) is 49.4 Å². The molecule has 0 aliphatic carbocycles. The van der Waals surface area contributed by atoms with Crippen molar-refractivity contribution in [3.05, 3.63) is 70.6 Å². The number of aromatic nitrogens is 1. The van der Waals surface area contributed by atoms with Gasteiger partial charge < -0.3 is 14.9 Å². The first-order chi connectivity index (χ1) is 13.0. The maximum Gasteiger partial charge on any atom is 0.228 e. The Bertz CT molecular complexity index is 987. The molecule has 0 aliphatic heterocycles. The number of aryl methyl sites for hydroxylation is 1. The van der Waals surface area contributed by atoms with Crippen LogP contribution in [0.5, 0.6) is 5.75 Å². The minimum atomic E-state index is 0.0926. The molecule has 8 heteroatoms. The molecule has 0 bridgehead atoms. The van der Waals surface area contributed by atoms with Crippen molar-refractivity contribution in [1.82, 2.24) is 10.4 Å². The van der Waals surface area contributed by atoms with Crippen molar-refractivity contribution in [3.8, 4) is 17.2 Å². The highest BCUT2D eigenvalue weighted by molar-refractivity contribution is 7.80. The summed E-state index contributed by atoms with van der Waals surface area (Å²) >= 11 is 10.9. The molecule has 0 unspecified atom stereocenters. The van der Waals surface area contributed by atoms with E-state index in [1.165, 1.54) is 0 Å². The third-order valence-corrected chi connectivity index (χ3v) is 4.08. The molecule has 138 valence electrons. The molecular formula is C19H17ClN4O2S. The van der Waals surface area contributed by atoms with E-state index in [0.29, 0.717) is 28.1 Å². The minimum Gasteiger partial charge on any atom is -0.486 e. The summed E-state index contributed by atoms with van der Waals surface area (Å²) in [6.07, 6.45) is 1.58. The van der Waals surface area contributed by atoms with Crippen LogP contribution in [0, 0.1) is 6.92 Å². The van der Waals surface area contributed by atoms with Gasteiger partial charge in [0, 0.05) is 5.56 Å². The van der Waals surface area contributed by atoms with E-state index in [1.54, 1.807) is 12.3 Å². The van der Waals surface area contributed by atoms with Crippen LogP contribution in [0.25, 0.3) is 11.5 Å². The minimum absolute atomic E-state index is 0.0926. The Labute approximate surface area is 167 Å². The van der Waals surface area contributed by atoms with Gasteiger partial charge >= 0.3 is 0 Å². The first-order valence-corrected chi connectivity index (χ1v) is 8.84. The molecule has 1 heterocycles. The Kier molecular flexibility index (Phi) is 6.05. The molecule has 3 N–H and O–H groups in total. The molecule has 2 aromatic carbocycles. The van der Waals surface area contributed by atoms with Crippen LogP contribution in [0.3, 0.4) is 0 Å². The van der Waals surface area contributed by atoms with Crippen LogP contribution in [-0.2, 0) is 6.61 Å². The normalized spacial score (nSPS) is 10.9. The van der Waals surface area contributed by atoms with Gasteiger partial charge in [-0.3, -0.25) is 5.43 Å². The van der Waals surface area contributed by atoms with Crippen LogP contribution >= 0.6 is 23.8 Å². The summed E-state index contributed by atoms with van der Waals surface area (Å²) < 4.78 is 11.7. The molecule has 0 fully saturated rings. The third kappa shape index (κ3) is 4.84. The zero-order valence-electron chi connectivity index (χ0n) is 14.5. The quantitative estimate of drug-likeness (QED) is 0.369. The lowest BCUT2D eigenvalue weighted by molar-refractivity contribution is 0.299. The average Bonchev–Trinajstić information content (AvgIpc) is 3.01. The van der Waals surface area contributed by atoms with Crippen molar-refractivity contribution < 1.29 is 9.15 Å². The Balaban J connectivity index is 1.76. The molecule has 0 amide bonds. The number of oxazole rings is 1. The fraction of sp³-hybridized carbons (Fsp3) is 0.105. The van der Waals surface area contributed by atoms with Gasteiger partial charge in [0.05, 0.1) is 16.8 Å². The summed E-state index contributed by atoms with van der Waals surface area (Å²) in [5.74, 6) is 1.78. The Hall–Kier alpha value is -2.90. The van der Waals surface area contributed by atoms with Gasteiger partial charge in [0.25, 0.3) is 0 Å². The average molecular weight is 401 g/mol. The number of ether oxygens (including phenoxy) is 1. The Morgan fingerprint density at radius 2 is 2.04 bits per heavy atom. The van der Waals surface area contributed by atoms with Crippen molar-refractivity contribution in [2.75, 3.05) is 0 Å². The first-order valence-electron chi connectivity index (χ1n) is 8.06. The SMILES string of the molecule is Cc1oc(-c2ccccc2Cl)nc1COc1ccccc1C=NNC(N)=S. The molecule has 3 rings (SSSR count). The molecule has 6 nitrogen and oxygen atoms in total. The molecule has 1 aromatic heterocycles. The summed E-state index contributed by atoms with van der Waals surface area (Å²) in [7, 11) is 0. The van der Waals surface area contributed by atoms with Crippen LogP contribution in [0.1, 0.15) is 17.0 Å². The van der Waals surface area contributed by atoms with Crippen LogP contribution in [0.4, 0.5) is 0 Å². The Morgan fingerprint density at radius 1 is 1.30 bits per heavy atom. The summed E-state index contributed by atoms with van der Waals surface area (Å²) in [5.41, 5.74) is 10.1. The smallest absolute Gasteiger partial charge is 0.228 e. The topological polar surface area (TPSA) is 85.7 Å². The molecule has 0 atom stereocenters. The second-order valence-corrected chi connectivity index (χ2v) is 6.41. The molecule has 0 saturated heterocycles. The zero-order valence-corrected chi connectivity index (χ0v) is 16.1. The number of hydrogen-bond acceptors (Lipinski definition) is 5. The van der Waals surface area contributed by atoms with Gasteiger partial charge in [-0.15, -0.1) is 0 Å². The van der Waals surface area contributed by atoms with Crippen LogP contribution in [0.15, 0.2) is 58.0 Å². The fourth-order valence-electron chi connectivity index (χ4n) is 2.34. The van der Waals surface area contributed by atoms with E-state index in [4.69, 9.17) is 38.7 Å². The van der Waals surface area contributed by atoms with Gasteiger partial charge in [-0.05, 0) is 43.4 Å².